The summed E-state index contributed by atoms with van der Waals surface area (Å²) in [5.41, 5.74) is 0. The average Bonchev–Trinajstić information content (AvgIpc) is 1.86. The zero-order valence-corrected chi connectivity index (χ0v) is 13.5. The third-order valence-corrected chi connectivity index (χ3v) is 1.23. The van der Waals surface area contributed by atoms with Gasteiger partial charge in [0.05, 0.1) is 6.20 Å². The largest absolute Gasteiger partial charge is 1.00 e. The molecule has 0 saturated carbocycles. The Kier molecular flexibility index (Phi) is 21.3. The van der Waals surface area contributed by atoms with E-state index >= 15 is 0 Å². The van der Waals surface area contributed by atoms with Crippen LogP contribution in [0.1, 0.15) is 4.28 Å². The van der Waals surface area contributed by atoms with Crippen LogP contribution in [0.3, 0.4) is 0 Å². The number of aromatic amines is 1. The molecule has 9 heavy (non-hydrogen) atoms. The molecule has 0 aromatic carbocycles. The van der Waals surface area contributed by atoms with Crippen molar-refractivity contribution in [3.05, 3.63) is 10.0 Å². The second-order valence-corrected chi connectivity index (χ2v) is 2.30. The summed E-state index contributed by atoms with van der Waals surface area (Å²) in [6.07, 6.45) is 1.61. The number of nitrogens with zero attached hydrogens (tertiary/aromatic N) is 1. The summed E-state index contributed by atoms with van der Waals surface area (Å²) in [5, 5.41) is 3.61. The molecule has 0 bridgehead atoms. The van der Waals surface area contributed by atoms with Crippen LogP contribution in [0.5, 0.6) is 0 Å². The van der Waals surface area contributed by atoms with Gasteiger partial charge in [-0.1, -0.05) is 12.2 Å². The molecule has 7 heteroatoms. The molecule has 0 amide bonds. The minimum atomic E-state index is 0. The molecule has 1 aromatic heterocycles. The fourth-order valence-corrected chi connectivity index (χ4v) is 0.642. The molecular formula is C2H5N2Na3S2. The molecule has 1 heterocycles. The van der Waals surface area contributed by atoms with E-state index in [1.54, 1.807) is 6.20 Å². The van der Waals surface area contributed by atoms with E-state index in [1.165, 1.54) is 11.5 Å². The predicted octanol–water partition coefficient (Wildman–Crippen LogP) is -7.45. The van der Waals surface area contributed by atoms with E-state index < -0.39 is 0 Å². The molecule has 0 aliphatic carbocycles. The van der Waals surface area contributed by atoms with Gasteiger partial charge in [0.15, 0.2) is 0 Å². The molecule has 1 N–H and O–H groups in total. The third-order valence-electron chi connectivity index (χ3n) is 0.369. The minimum absolute atomic E-state index is 0. The van der Waals surface area contributed by atoms with Gasteiger partial charge in [-0.3, -0.25) is 0 Å². The topological polar surface area (TPSA) is 28.7 Å². The van der Waals surface area contributed by atoms with Crippen molar-refractivity contribution in [3.63, 3.8) is 0 Å². The van der Waals surface area contributed by atoms with Crippen LogP contribution in [-0.2, 0) is 0 Å². The van der Waals surface area contributed by atoms with Gasteiger partial charge in [-0.15, -0.1) is 0 Å². The van der Waals surface area contributed by atoms with Crippen molar-refractivity contribution >= 4 is 23.8 Å². The monoisotopic (exact) mass is 190 g/mol. The minimum Gasteiger partial charge on any atom is -1.00 e. The van der Waals surface area contributed by atoms with Crippen molar-refractivity contribution in [2.45, 2.75) is 0 Å². The summed E-state index contributed by atoms with van der Waals surface area (Å²) in [7, 11) is 0. The molecule has 0 fully saturated rings. The molecule has 0 unspecified atom stereocenters. The van der Waals surface area contributed by atoms with Crippen LogP contribution in [0.25, 0.3) is 0 Å². The van der Waals surface area contributed by atoms with Gasteiger partial charge in [-0.2, -0.15) is 5.10 Å². The number of nitrogens with one attached hydrogen (secondary N) is 1. The Bertz CT molecular complexity index is 165. The Balaban J connectivity index is -0.0000000150. The third kappa shape index (κ3) is 8.69. The Morgan fingerprint density at radius 1 is 1.56 bits per heavy atom. The summed E-state index contributed by atoms with van der Waals surface area (Å²) in [5.74, 6) is 0. The van der Waals surface area contributed by atoms with Crippen LogP contribution >= 0.6 is 23.8 Å². The second-order valence-electron chi connectivity index (χ2n) is 0.771. The zero-order valence-electron chi connectivity index (χ0n) is 8.84. The number of hydrogen-bond acceptors (Lipinski definition) is 3. The Labute approximate surface area is 134 Å². The molecule has 0 spiro atoms. The van der Waals surface area contributed by atoms with E-state index in [2.05, 4.69) is 21.8 Å². The summed E-state index contributed by atoms with van der Waals surface area (Å²) in [6.45, 7) is 0. The molecule has 2 nitrogen and oxygen atoms in total. The van der Waals surface area contributed by atoms with Crippen molar-refractivity contribution in [2.24, 2.45) is 0 Å². The van der Waals surface area contributed by atoms with Gasteiger partial charge in [0.25, 0.3) is 0 Å². The smallest absolute Gasteiger partial charge is 1.00 e. The van der Waals surface area contributed by atoms with Crippen molar-refractivity contribution in [2.75, 3.05) is 0 Å². The first kappa shape index (κ1) is 17.8. The van der Waals surface area contributed by atoms with Crippen molar-refractivity contribution in [1.29, 1.82) is 0 Å². The molecule has 0 aliphatic heterocycles. The Morgan fingerprint density at radius 3 is 2.22 bits per heavy atom. The van der Waals surface area contributed by atoms with E-state index in [9.17, 15) is 0 Å². The molecule has 0 aliphatic rings. The number of aromatic nitrogens is 2. The molecule has 0 saturated heterocycles. The van der Waals surface area contributed by atoms with Gasteiger partial charge in [0.1, 0.15) is 3.82 Å². The molecule has 1 aromatic rings. The summed E-state index contributed by atoms with van der Waals surface area (Å²) in [4.78, 5) is 0. The summed E-state index contributed by atoms with van der Waals surface area (Å²) < 4.78 is 3.42. The van der Waals surface area contributed by atoms with Gasteiger partial charge >= 0.3 is 88.7 Å². The van der Waals surface area contributed by atoms with E-state index in [0.29, 0.717) is 0 Å². The van der Waals surface area contributed by atoms with Crippen molar-refractivity contribution in [3.8, 4) is 0 Å². The standard InChI is InChI=1S/C2H2N2S2.3Na.3H/c5-2-1-3-4-6-2;;;;;;/h1,4H;;;;;;/q;3*+1;3*-1. The van der Waals surface area contributed by atoms with E-state index in [-0.39, 0.29) is 93.0 Å². The first-order valence-corrected chi connectivity index (χ1v) is 2.61. The van der Waals surface area contributed by atoms with Crippen LogP contribution in [-0.4, -0.2) is 9.59 Å². The Hall–Kier alpha value is 2.78. The van der Waals surface area contributed by atoms with E-state index in [1.807, 2.05) is 0 Å². The molecular weight excluding hydrogens is 185 g/mol. The fraction of sp³-hybridized carbons (Fsp3) is 0. The van der Waals surface area contributed by atoms with E-state index in [0.717, 1.165) is 3.82 Å². The van der Waals surface area contributed by atoms with Crippen LogP contribution < -0.4 is 88.7 Å². The van der Waals surface area contributed by atoms with Crippen LogP contribution in [0.4, 0.5) is 0 Å². The normalized spacial score (nSPS) is 5.78. The van der Waals surface area contributed by atoms with Gasteiger partial charge in [-0.25, -0.2) is 4.49 Å². The first-order chi connectivity index (χ1) is 2.89. The maximum absolute atomic E-state index is 4.67. The van der Waals surface area contributed by atoms with E-state index in [4.69, 9.17) is 0 Å². The average molecular weight is 190 g/mol. The van der Waals surface area contributed by atoms with Gasteiger partial charge < -0.3 is 4.28 Å². The van der Waals surface area contributed by atoms with Crippen molar-refractivity contribution < 1.29 is 93.0 Å². The predicted molar refractivity (Wildman–Crippen MR) is 30.6 cm³/mol. The second kappa shape index (κ2) is 10.8. The fourth-order valence-electron chi connectivity index (χ4n) is 0.177. The molecule has 0 atom stereocenters. The SMILES string of the molecule is S=c1cn[nH]s1.[H-].[H-].[H-].[Na+].[Na+].[Na+]. The maximum Gasteiger partial charge on any atom is 1.00 e. The summed E-state index contributed by atoms with van der Waals surface area (Å²) >= 11 is 6.03. The van der Waals surface area contributed by atoms with Gasteiger partial charge in [0.2, 0.25) is 0 Å². The molecule has 0 radical (unpaired) electrons. The zero-order chi connectivity index (χ0) is 4.41. The Morgan fingerprint density at radius 2 is 2.11 bits per heavy atom. The van der Waals surface area contributed by atoms with Crippen LogP contribution in [0.15, 0.2) is 6.20 Å². The van der Waals surface area contributed by atoms with Crippen LogP contribution in [0, 0.1) is 3.82 Å². The van der Waals surface area contributed by atoms with Crippen molar-refractivity contribution in [1.82, 2.24) is 9.59 Å². The maximum atomic E-state index is 4.67. The quantitative estimate of drug-likeness (QED) is 0.325. The number of hydrogen-bond donors (Lipinski definition) is 1. The molecule has 1 rings (SSSR count). The van der Waals surface area contributed by atoms with Gasteiger partial charge in [-0.05, 0) is 11.5 Å². The summed E-state index contributed by atoms with van der Waals surface area (Å²) in [6, 6.07) is 0. The van der Waals surface area contributed by atoms with Gasteiger partial charge in [0, 0.05) is 0 Å². The first-order valence-electron chi connectivity index (χ1n) is 1.38. The molecule has 38 valence electrons. The number of rotatable bonds is 0. The number of H-pyrrole nitrogens is 1. The van der Waals surface area contributed by atoms with Crippen LogP contribution in [0.2, 0.25) is 0 Å².